The Kier molecular flexibility index (Phi) is 3.79. The number of benzene rings is 1. The van der Waals surface area contributed by atoms with Gasteiger partial charge < -0.3 is 4.74 Å². The fourth-order valence-corrected chi connectivity index (χ4v) is 1.88. The van der Waals surface area contributed by atoms with Gasteiger partial charge in [0.2, 0.25) is 0 Å². The van der Waals surface area contributed by atoms with Crippen LogP contribution in [0, 0.1) is 6.92 Å². The highest BCUT2D eigenvalue weighted by Gasteiger charge is 2.06. The monoisotopic (exact) mass is 301 g/mol. The summed E-state index contributed by atoms with van der Waals surface area (Å²) >= 11 is 6.01. The molecule has 0 spiro atoms. The minimum atomic E-state index is 0.261. The van der Waals surface area contributed by atoms with Gasteiger partial charge in [0.1, 0.15) is 12.3 Å². The zero-order chi connectivity index (χ0) is 14.7. The summed E-state index contributed by atoms with van der Waals surface area (Å²) in [5.41, 5.74) is 2.57. The Labute approximate surface area is 126 Å². The fraction of sp³-hybridized carbons (Fsp3) is 0.143. The first-order valence-corrected chi connectivity index (χ1v) is 6.68. The van der Waals surface area contributed by atoms with E-state index in [0.29, 0.717) is 11.7 Å². The maximum Gasteiger partial charge on any atom is 0.316 e. The van der Waals surface area contributed by atoms with Crippen LogP contribution in [0.1, 0.15) is 11.3 Å². The first kappa shape index (κ1) is 13.5. The summed E-state index contributed by atoms with van der Waals surface area (Å²) in [5, 5.41) is 8.86. The Morgan fingerprint density at radius 3 is 2.81 bits per heavy atom. The summed E-state index contributed by atoms with van der Waals surface area (Å²) in [4.78, 5) is 7.95. The van der Waals surface area contributed by atoms with E-state index in [4.69, 9.17) is 16.3 Å². The number of hydrogen-bond acceptors (Lipinski definition) is 5. The number of nitrogens with zero attached hydrogens (tertiary/aromatic N) is 5. The summed E-state index contributed by atoms with van der Waals surface area (Å²) in [7, 11) is 0. The molecule has 0 fully saturated rings. The molecule has 0 unspecified atom stereocenters. The molecule has 1 aromatic carbocycles. The van der Waals surface area contributed by atoms with Crippen molar-refractivity contribution in [2.45, 2.75) is 13.5 Å². The Morgan fingerprint density at radius 1 is 1.24 bits per heavy atom. The third kappa shape index (κ3) is 3.17. The zero-order valence-corrected chi connectivity index (χ0v) is 12.0. The van der Waals surface area contributed by atoms with Crippen molar-refractivity contribution in [3.63, 3.8) is 0 Å². The first-order valence-electron chi connectivity index (χ1n) is 6.30. The molecule has 0 N–H and O–H groups in total. The average molecular weight is 302 g/mol. The molecule has 0 aliphatic carbocycles. The van der Waals surface area contributed by atoms with E-state index in [-0.39, 0.29) is 6.61 Å². The molecule has 0 saturated heterocycles. The molecule has 6 nitrogen and oxygen atoms in total. The molecule has 21 heavy (non-hydrogen) atoms. The van der Waals surface area contributed by atoms with Crippen molar-refractivity contribution < 1.29 is 4.74 Å². The molecule has 7 heteroatoms. The minimum absolute atomic E-state index is 0.261. The highest BCUT2D eigenvalue weighted by molar-refractivity contribution is 6.31. The molecule has 2 heterocycles. The third-order valence-corrected chi connectivity index (χ3v) is 3.26. The lowest BCUT2D eigenvalue weighted by molar-refractivity contribution is 0.276. The van der Waals surface area contributed by atoms with Gasteiger partial charge in [0.25, 0.3) is 0 Å². The molecule has 0 amide bonds. The molecule has 0 bridgehead atoms. The predicted molar refractivity (Wildman–Crippen MR) is 77.5 cm³/mol. The van der Waals surface area contributed by atoms with Gasteiger partial charge in [-0.15, -0.1) is 5.10 Å². The van der Waals surface area contributed by atoms with Crippen molar-refractivity contribution >= 4 is 11.6 Å². The average Bonchev–Trinajstić information content (AvgIpc) is 2.98. The molecular weight excluding hydrogens is 290 g/mol. The van der Waals surface area contributed by atoms with Crippen LogP contribution in [0.3, 0.4) is 0 Å². The maximum atomic E-state index is 6.01. The van der Waals surface area contributed by atoms with E-state index in [2.05, 4.69) is 20.3 Å². The van der Waals surface area contributed by atoms with Gasteiger partial charge in [0.05, 0.1) is 11.9 Å². The van der Waals surface area contributed by atoms with Crippen molar-refractivity contribution in [3.05, 3.63) is 59.1 Å². The van der Waals surface area contributed by atoms with Crippen LogP contribution in [0.25, 0.3) is 5.69 Å². The smallest absolute Gasteiger partial charge is 0.316 e. The minimum Gasteiger partial charge on any atom is -0.457 e. The van der Waals surface area contributed by atoms with Crippen LogP contribution >= 0.6 is 11.6 Å². The van der Waals surface area contributed by atoms with Crippen LogP contribution in [0.5, 0.6) is 6.01 Å². The standard InChI is InChI=1S/C14H12ClN5O/c1-10-7-12(3-4-13(10)15)20-8-11(18-19-20)9-21-14-16-5-2-6-17-14/h2-8H,9H2,1H3. The molecule has 3 rings (SSSR count). The number of rotatable bonds is 4. The number of hydrogen-bond donors (Lipinski definition) is 0. The lowest BCUT2D eigenvalue weighted by atomic mass is 10.2. The summed E-state index contributed by atoms with van der Waals surface area (Å²) in [6.07, 6.45) is 5.04. The highest BCUT2D eigenvalue weighted by Crippen LogP contribution is 2.18. The maximum absolute atomic E-state index is 6.01. The third-order valence-electron chi connectivity index (χ3n) is 2.84. The van der Waals surface area contributed by atoms with Crippen molar-refractivity contribution in [3.8, 4) is 11.7 Å². The van der Waals surface area contributed by atoms with Crippen molar-refractivity contribution in [1.29, 1.82) is 0 Å². The van der Waals surface area contributed by atoms with Gasteiger partial charge in [0.15, 0.2) is 0 Å². The summed E-state index contributed by atoms with van der Waals surface area (Å²) < 4.78 is 7.10. The SMILES string of the molecule is Cc1cc(-n2cc(COc3ncccn3)nn2)ccc1Cl. The van der Waals surface area contributed by atoms with E-state index in [9.17, 15) is 0 Å². The van der Waals surface area contributed by atoms with E-state index in [1.54, 1.807) is 29.3 Å². The van der Waals surface area contributed by atoms with Gasteiger partial charge in [0, 0.05) is 17.4 Å². The van der Waals surface area contributed by atoms with E-state index >= 15 is 0 Å². The van der Waals surface area contributed by atoms with Crippen LogP contribution in [0.2, 0.25) is 5.02 Å². The molecule has 0 aliphatic rings. The summed E-state index contributed by atoms with van der Waals surface area (Å²) in [6.45, 7) is 2.20. The lowest BCUT2D eigenvalue weighted by Crippen LogP contribution is -1.99. The second-order valence-electron chi connectivity index (χ2n) is 4.41. The van der Waals surface area contributed by atoms with Gasteiger partial charge in [-0.2, -0.15) is 0 Å². The molecular formula is C14H12ClN5O. The largest absolute Gasteiger partial charge is 0.457 e. The fourth-order valence-electron chi connectivity index (χ4n) is 1.76. The second-order valence-corrected chi connectivity index (χ2v) is 4.82. The number of aryl methyl sites for hydroxylation is 1. The van der Waals surface area contributed by atoms with Crippen LogP contribution in [0.4, 0.5) is 0 Å². The van der Waals surface area contributed by atoms with E-state index in [1.807, 2.05) is 25.1 Å². The predicted octanol–water partition coefficient (Wildman–Crippen LogP) is 2.60. The molecule has 2 aromatic heterocycles. The lowest BCUT2D eigenvalue weighted by Gasteiger charge is -2.03. The van der Waals surface area contributed by atoms with Gasteiger partial charge in [-0.05, 0) is 36.8 Å². The Bertz CT molecular complexity index is 744. The number of ether oxygens (including phenoxy) is 1. The summed E-state index contributed by atoms with van der Waals surface area (Å²) in [5.74, 6) is 0. The second kappa shape index (κ2) is 5.88. The van der Waals surface area contributed by atoms with Crippen molar-refractivity contribution in [1.82, 2.24) is 25.0 Å². The van der Waals surface area contributed by atoms with Crippen LogP contribution in [-0.4, -0.2) is 25.0 Å². The molecule has 0 atom stereocenters. The van der Waals surface area contributed by atoms with Gasteiger partial charge >= 0.3 is 6.01 Å². The molecule has 0 saturated carbocycles. The van der Waals surface area contributed by atoms with Crippen LogP contribution < -0.4 is 4.74 Å². The molecule has 0 aliphatic heterocycles. The van der Waals surface area contributed by atoms with Crippen LogP contribution in [0.15, 0.2) is 42.9 Å². The topological polar surface area (TPSA) is 65.7 Å². The van der Waals surface area contributed by atoms with Gasteiger partial charge in [-0.3, -0.25) is 0 Å². The molecule has 106 valence electrons. The van der Waals surface area contributed by atoms with E-state index in [1.165, 1.54) is 0 Å². The van der Waals surface area contributed by atoms with Gasteiger partial charge in [-0.25, -0.2) is 14.6 Å². The molecule has 0 radical (unpaired) electrons. The zero-order valence-electron chi connectivity index (χ0n) is 11.3. The quantitative estimate of drug-likeness (QED) is 0.741. The number of halogens is 1. The normalized spacial score (nSPS) is 10.6. The van der Waals surface area contributed by atoms with Gasteiger partial charge in [-0.1, -0.05) is 16.8 Å². The highest BCUT2D eigenvalue weighted by atomic mass is 35.5. The van der Waals surface area contributed by atoms with E-state index in [0.717, 1.165) is 16.3 Å². The van der Waals surface area contributed by atoms with Crippen molar-refractivity contribution in [2.24, 2.45) is 0 Å². The Hall–Kier alpha value is -2.47. The van der Waals surface area contributed by atoms with E-state index < -0.39 is 0 Å². The number of aromatic nitrogens is 5. The first-order chi connectivity index (χ1) is 10.2. The van der Waals surface area contributed by atoms with Crippen molar-refractivity contribution in [2.75, 3.05) is 0 Å². The Morgan fingerprint density at radius 2 is 2.05 bits per heavy atom. The van der Waals surface area contributed by atoms with Crippen LogP contribution in [-0.2, 0) is 6.61 Å². The molecule has 3 aromatic rings. The summed E-state index contributed by atoms with van der Waals surface area (Å²) in [6, 6.07) is 7.71. The Balaban J connectivity index is 1.72.